The lowest BCUT2D eigenvalue weighted by Crippen LogP contribution is -1.98. The molecule has 0 aliphatic heterocycles. The van der Waals surface area contributed by atoms with Gasteiger partial charge in [0, 0.05) is 42.7 Å². The smallest absolute Gasteiger partial charge is 0.0849 e. The van der Waals surface area contributed by atoms with Crippen LogP contribution in [0.1, 0.15) is 0 Å². The minimum atomic E-state index is -1.28. The van der Waals surface area contributed by atoms with Gasteiger partial charge >= 0.3 is 0 Å². The van der Waals surface area contributed by atoms with E-state index in [9.17, 15) is 4.21 Å². The highest BCUT2D eigenvalue weighted by atomic mass is 32.2. The third kappa shape index (κ3) is 3.47. The van der Waals surface area contributed by atoms with E-state index < -0.39 is 10.8 Å². The van der Waals surface area contributed by atoms with Gasteiger partial charge in [0.05, 0.1) is 32.9 Å². The molecule has 0 aliphatic carbocycles. The fraction of sp³-hybridized carbons (Fsp3) is 0. The first-order valence-electron chi connectivity index (χ1n) is 13.4. The minimum Gasteiger partial charge on any atom is -0.309 e. The second-order valence-corrected chi connectivity index (χ2v) is 11.5. The van der Waals surface area contributed by atoms with Crippen LogP contribution in [-0.2, 0) is 10.8 Å². The molecule has 0 atom stereocenters. The molecule has 0 unspecified atom stereocenters. The topological polar surface area (TPSA) is 26.9 Å². The molecule has 2 heterocycles. The first-order chi connectivity index (χ1) is 19.8. The lowest BCUT2D eigenvalue weighted by molar-refractivity contribution is 0.683. The lowest BCUT2D eigenvalue weighted by Gasteiger charge is -2.10. The molecule has 0 N–H and O–H groups in total. The van der Waals surface area contributed by atoms with Crippen molar-refractivity contribution in [2.75, 3.05) is 0 Å². The standard InChI is InChI=1S/C36H24N2OS/c39-40(27-21-17-25(18-22-27)37-33-13-5-1-9-29(33)30-10-2-6-14-34(30)37)28-23-19-26(20-24-28)38-35-15-7-3-11-31(35)32-12-4-8-16-36(32)38/h1-24H. The van der Waals surface area contributed by atoms with Gasteiger partial charge in [-0.3, -0.25) is 0 Å². The number of rotatable bonds is 4. The van der Waals surface area contributed by atoms with Crippen molar-refractivity contribution in [1.82, 2.24) is 9.13 Å². The normalized spacial score (nSPS) is 11.8. The second-order valence-electron chi connectivity index (χ2n) is 10.00. The Hall–Kier alpha value is -4.93. The average Bonchev–Trinajstić information content (AvgIpc) is 3.54. The maximum absolute atomic E-state index is 13.6. The van der Waals surface area contributed by atoms with Gasteiger partial charge in [-0.05, 0) is 72.8 Å². The van der Waals surface area contributed by atoms with Crippen LogP contribution in [0.25, 0.3) is 55.0 Å². The summed E-state index contributed by atoms with van der Waals surface area (Å²) in [6.45, 7) is 0. The van der Waals surface area contributed by atoms with E-state index in [4.69, 9.17) is 0 Å². The Kier molecular flexibility index (Phi) is 5.22. The van der Waals surface area contributed by atoms with E-state index in [1.165, 1.54) is 43.6 Å². The summed E-state index contributed by atoms with van der Waals surface area (Å²) in [7, 11) is -1.28. The summed E-state index contributed by atoms with van der Waals surface area (Å²) in [6.07, 6.45) is 0. The summed E-state index contributed by atoms with van der Waals surface area (Å²) in [5.74, 6) is 0. The average molecular weight is 533 g/mol. The monoisotopic (exact) mass is 532 g/mol. The molecule has 0 fully saturated rings. The van der Waals surface area contributed by atoms with Gasteiger partial charge < -0.3 is 9.13 Å². The van der Waals surface area contributed by atoms with E-state index in [1.807, 2.05) is 24.3 Å². The van der Waals surface area contributed by atoms with Crippen LogP contribution in [-0.4, -0.2) is 13.3 Å². The quantitative estimate of drug-likeness (QED) is 0.222. The van der Waals surface area contributed by atoms with Gasteiger partial charge in [0.15, 0.2) is 0 Å². The molecule has 0 saturated carbocycles. The van der Waals surface area contributed by atoms with E-state index in [1.54, 1.807) is 0 Å². The predicted molar refractivity (Wildman–Crippen MR) is 166 cm³/mol. The van der Waals surface area contributed by atoms with E-state index in [2.05, 4.69) is 130 Å². The molecule has 0 aliphatic rings. The molecule has 0 radical (unpaired) electrons. The van der Waals surface area contributed by atoms with E-state index in [0.717, 1.165) is 21.2 Å². The molecule has 2 aromatic heterocycles. The van der Waals surface area contributed by atoms with Crippen LogP contribution in [0.4, 0.5) is 0 Å². The Morgan fingerprint density at radius 3 is 0.925 bits per heavy atom. The van der Waals surface area contributed by atoms with E-state index in [0.29, 0.717) is 0 Å². The molecular formula is C36H24N2OS. The van der Waals surface area contributed by atoms with Gasteiger partial charge in [-0.25, -0.2) is 4.21 Å². The third-order valence-corrected chi connectivity index (χ3v) is 9.18. The lowest BCUT2D eigenvalue weighted by atomic mass is 10.2. The van der Waals surface area contributed by atoms with Crippen molar-refractivity contribution in [2.45, 2.75) is 9.79 Å². The summed E-state index contributed by atoms with van der Waals surface area (Å²) >= 11 is 0. The maximum Gasteiger partial charge on any atom is 0.0849 e. The number of benzene rings is 6. The highest BCUT2D eigenvalue weighted by Crippen LogP contribution is 2.34. The second kappa shape index (κ2) is 9.08. The molecule has 6 aromatic carbocycles. The van der Waals surface area contributed by atoms with Crippen molar-refractivity contribution >= 4 is 54.4 Å². The zero-order valence-electron chi connectivity index (χ0n) is 21.6. The number of nitrogens with zero attached hydrogens (tertiary/aromatic N) is 2. The summed E-state index contributed by atoms with van der Waals surface area (Å²) < 4.78 is 18.1. The van der Waals surface area contributed by atoms with Crippen LogP contribution in [0.5, 0.6) is 0 Å². The number of hydrogen-bond donors (Lipinski definition) is 0. The van der Waals surface area contributed by atoms with Gasteiger partial charge in [0.2, 0.25) is 0 Å². The Morgan fingerprint density at radius 1 is 0.350 bits per heavy atom. The van der Waals surface area contributed by atoms with Crippen molar-refractivity contribution in [3.05, 3.63) is 146 Å². The first kappa shape index (κ1) is 23.0. The fourth-order valence-corrected chi connectivity index (χ4v) is 7.01. The van der Waals surface area contributed by atoms with Crippen molar-refractivity contribution < 1.29 is 4.21 Å². The number of fused-ring (bicyclic) bond motifs is 6. The molecule has 3 nitrogen and oxygen atoms in total. The molecule has 0 amide bonds. The molecule has 0 spiro atoms. The zero-order valence-corrected chi connectivity index (χ0v) is 22.4. The maximum atomic E-state index is 13.6. The summed E-state index contributed by atoms with van der Waals surface area (Å²) in [5, 5.41) is 4.92. The molecule has 0 saturated heterocycles. The largest absolute Gasteiger partial charge is 0.309 e. The van der Waals surface area contributed by atoms with Crippen LogP contribution >= 0.6 is 0 Å². The Morgan fingerprint density at radius 2 is 0.625 bits per heavy atom. The number of hydrogen-bond acceptors (Lipinski definition) is 1. The fourth-order valence-electron chi connectivity index (χ4n) is 5.98. The highest BCUT2D eigenvalue weighted by Gasteiger charge is 2.14. The van der Waals surface area contributed by atoms with E-state index in [-0.39, 0.29) is 0 Å². The Labute approximate surface area is 234 Å². The van der Waals surface area contributed by atoms with Crippen LogP contribution in [0, 0.1) is 0 Å². The molecular weight excluding hydrogens is 508 g/mol. The zero-order chi connectivity index (χ0) is 26.6. The van der Waals surface area contributed by atoms with Crippen molar-refractivity contribution in [1.29, 1.82) is 0 Å². The molecule has 8 aromatic rings. The van der Waals surface area contributed by atoms with Gasteiger partial charge in [0.25, 0.3) is 0 Å². The summed E-state index contributed by atoms with van der Waals surface area (Å²) in [5.41, 5.74) is 6.77. The van der Waals surface area contributed by atoms with Gasteiger partial charge in [0.1, 0.15) is 0 Å². The Bertz CT molecular complexity index is 1960. The van der Waals surface area contributed by atoms with Crippen LogP contribution in [0.2, 0.25) is 0 Å². The summed E-state index contributed by atoms with van der Waals surface area (Å²) in [4.78, 5) is 1.57. The number of aromatic nitrogens is 2. The SMILES string of the molecule is O=S(c1ccc(-n2c3ccccc3c3ccccc32)cc1)c1ccc(-n2c3ccccc3c3ccccc32)cc1. The summed E-state index contributed by atoms with van der Waals surface area (Å²) in [6, 6.07) is 50.1. The number of para-hydroxylation sites is 4. The molecule has 4 heteroatoms. The van der Waals surface area contributed by atoms with E-state index >= 15 is 0 Å². The molecule has 0 bridgehead atoms. The Balaban J connectivity index is 1.15. The minimum absolute atomic E-state index is 0.786. The van der Waals surface area contributed by atoms with Crippen molar-refractivity contribution in [3.63, 3.8) is 0 Å². The first-order valence-corrected chi connectivity index (χ1v) is 14.5. The van der Waals surface area contributed by atoms with Crippen LogP contribution in [0.15, 0.2) is 155 Å². The van der Waals surface area contributed by atoms with Crippen molar-refractivity contribution in [2.24, 2.45) is 0 Å². The third-order valence-electron chi connectivity index (χ3n) is 7.78. The molecule has 40 heavy (non-hydrogen) atoms. The van der Waals surface area contributed by atoms with Gasteiger partial charge in [-0.2, -0.15) is 0 Å². The van der Waals surface area contributed by atoms with Gasteiger partial charge in [-0.15, -0.1) is 0 Å². The van der Waals surface area contributed by atoms with Crippen molar-refractivity contribution in [3.8, 4) is 11.4 Å². The molecule has 8 rings (SSSR count). The van der Waals surface area contributed by atoms with Crippen LogP contribution in [0.3, 0.4) is 0 Å². The van der Waals surface area contributed by atoms with Crippen LogP contribution < -0.4 is 0 Å². The van der Waals surface area contributed by atoms with Gasteiger partial charge in [-0.1, -0.05) is 72.8 Å². The molecule has 190 valence electrons. The predicted octanol–water partition coefficient (Wildman–Crippen LogP) is 9.05. The highest BCUT2D eigenvalue weighted by molar-refractivity contribution is 7.85.